The number of halogens is 1. The Bertz CT molecular complexity index is 234. The number of rotatable bonds is 4. The van der Waals surface area contributed by atoms with Crippen molar-refractivity contribution in [3.63, 3.8) is 0 Å². The Morgan fingerprint density at radius 3 is 2.92 bits per heavy atom. The Kier molecular flexibility index (Phi) is 3.53. The maximum atomic E-state index is 5.97. The zero-order valence-electron chi connectivity index (χ0n) is 7.50. The highest BCUT2D eigenvalue weighted by Gasteiger charge is 2.03. The van der Waals surface area contributed by atoms with Crippen LogP contribution in [-0.4, -0.2) is 20.4 Å². The summed E-state index contributed by atoms with van der Waals surface area (Å²) in [4.78, 5) is 0. The van der Waals surface area contributed by atoms with Crippen LogP contribution < -0.4 is 0 Å². The molecule has 0 aliphatic carbocycles. The van der Waals surface area contributed by atoms with Gasteiger partial charge in [0.1, 0.15) is 0 Å². The van der Waals surface area contributed by atoms with Crippen molar-refractivity contribution in [1.82, 2.24) is 15.0 Å². The van der Waals surface area contributed by atoms with Crippen molar-refractivity contribution in [3.05, 3.63) is 11.9 Å². The van der Waals surface area contributed by atoms with Gasteiger partial charge in [0.25, 0.3) is 0 Å². The second-order valence-corrected chi connectivity index (χ2v) is 3.54. The molecule has 0 aliphatic heterocycles. The number of alkyl halides is 1. The molecule has 0 fully saturated rings. The van der Waals surface area contributed by atoms with Gasteiger partial charge in [0.05, 0.1) is 5.69 Å². The molecule has 4 heteroatoms. The first kappa shape index (κ1) is 9.52. The van der Waals surface area contributed by atoms with Crippen molar-refractivity contribution in [2.45, 2.75) is 31.6 Å². The fraction of sp³-hybridized carbons (Fsp3) is 0.750. The average Bonchev–Trinajstić information content (AvgIpc) is 2.47. The smallest absolute Gasteiger partial charge is 0.0827 e. The van der Waals surface area contributed by atoms with Gasteiger partial charge in [0, 0.05) is 18.6 Å². The number of aromatic nitrogens is 3. The largest absolute Gasteiger partial charge is 0.255 e. The third-order valence-corrected chi connectivity index (χ3v) is 2.33. The molecule has 0 saturated heterocycles. The monoisotopic (exact) mass is 187 g/mol. The van der Waals surface area contributed by atoms with Crippen LogP contribution in [0.1, 0.15) is 25.5 Å². The van der Waals surface area contributed by atoms with Crippen LogP contribution in [0.2, 0.25) is 0 Å². The molecule has 0 N–H and O–H groups in total. The summed E-state index contributed by atoms with van der Waals surface area (Å²) in [5, 5.41) is 8.09. The summed E-state index contributed by atoms with van der Waals surface area (Å²) < 4.78 is 1.71. The van der Waals surface area contributed by atoms with Crippen LogP contribution in [0, 0.1) is 0 Å². The van der Waals surface area contributed by atoms with E-state index in [1.165, 1.54) is 0 Å². The van der Waals surface area contributed by atoms with Crippen LogP contribution in [0.25, 0.3) is 0 Å². The van der Waals surface area contributed by atoms with E-state index in [0.717, 1.165) is 25.0 Å². The molecule has 0 amide bonds. The Balaban J connectivity index is 2.33. The van der Waals surface area contributed by atoms with Gasteiger partial charge in [-0.3, -0.25) is 4.68 Å². The van der Waals surface area contributed by atoms with E-state index in [1.54, 1.807) is 4.68 Å². The van der Waals surface area contributed by atoms with Gasteiger partial charge in [0.2, 0.25) is 0 Å². The Labute approximate surface area is 77.7 Å². The lowest BCUT2D eigenvalue weighted by Crippen LogP contribution is -1.98. The van der Waals surface area contributed by atoms with E-state index >= 15 is 0 Å². The summed E-state index contributed by atoms with van der Waals surface area (Å²) in [7, 11) is 1.87. The fourth-order valence-electron chi connectivity index (χ4n) is 1.02. The molecule has 0 bridgehead atoms. The van der Waals surface area contributed by atoms with Gasteiger partial charge in [-0.15, -0.1) is 16.7 Å². The standard InChI is InChI=1S/C8H14ClN3/c1-3-7(9)4-5-8-6-12(2)11-10-8/h6-7H,3-5H2,1-2H3. The number of aryl methyl sites for hydroxylation is 2. The summed E-state index contributed by atoms with van der Waals surface area (Å²) in [5.41, 5.74) is 1.02. The second-order valence-electron chi connectivity index (χ2n) is 2.93. The SMILES string of the molecule is CCC(Cl)CCc1cn(C)nn1. The van der Waals surface area contributed by atoms with E-state index in [2.05, 4.69) is 17.2 Å². The van der Waals surface area contributed by atoms with Gasteiger partial charge in [-0.2, -0.15) is 0 Å². The van der Waals surface area contributed by atoms with Crippen LogP contribution in [0.15, 0.2) is 6.20 Å². The van der Waals surface area contributed by atoms with Crippen LogP contribution in [0.3, 0.4) is 0 Å². The van der Waals surface area contributed by atoms with Crippen molar-refractivity contribution in [2.24, 2.45) is 7.05 Å². The summed E-state index contributed by atoms with van der Waals surface area (Å²) in [6, 6.07) is 0. The molecule has 0 aliphatic rings. The number of hydrogen-bond acceptors (Lipinski definition) is 2. The van der Waals surface area contributed by atoms with Crippen LogP contribution in [0.4, 0.5) is 0 Å². The van der Waals surface area contributed by atoms with E-state index in [0.29, 0.717) is 0 Å². The van der Waals surface area contributed by atoms with Crippen LogP contribution in [0.5, 0.6) is 0 Å². The summed E-state index contributed by atoms with van der Waals surface area (Å²) >= 11 is 5.97. The predicted octanol–water partition coefficient (Wildman–Crippen LogP) is 1.77. The van der Waals surface area contributed by atoms with Crippen molar-refractivity contribution in [1.29, 1.82) is 0 Å². The normalized spacial score (nSPS) is 13.2. The molecule has 0 spiro atoms. The lowest BCUT2D eigenvalue weighted by atomic mass is 10.2. The van der Waals surface area contributed by atoms with Gasteiger partial charge in [0.15, 0.2) is 0 Å². The summed E-state index contributed by atoms with van der Waals surface area (Å²) in [6.07, 6.45) is 4.85. The number of nitrogens with zero attached hydrogens (tertiary/aromatic N) is 3. The van der Waals surface area contributed by atoms with Gasteiger partial charge < -0.3 is 0 Å². The highest BCUT2D eigenvalue weighted by atomic mass is 35.5. The molecule has 3 nitrogen and oxygen atoms in total. The highest BCUT2D eigenvalue weighted by molar-refractivity contribution is 6.20. The first-order chi connectivity index (χ1) is 5.72. The van der Waals surface area contributed by atoms with E-state index in [4.69, 9.17) is 11.6 Å². The lowest BCUT2D eigenvalue weighted by Gasteiger charge is -2.02. The molecule has 1 aromatic rings. The summed E-state index contributed by atoms with van der Waals surface area (Å²) in [5.74, 6) is 0. The highest BCUT2D eigenvalue weighted by Crippen LogP contribution is 2.09. The molecule has 0 saturated carbocycles. The third kappa shape index (κ3) is 2.81. The molecule has 1 unspecified atom stereocenters. The Morgan fingerprint density at radius 2 is 2.42 bits per heavy atom. The van der Waals surface area contributed by atoms with Crippen LogP contribution >= 0.6 is 11.6 Å². The molecule has 0 aromatic carbocycles. The topological polar surface area (TPSA) is 30.7 Å². The van der Waals surface area contributed by atoms with E-state index in [-0.39, 0.29) is 5.38 Å². The molecule has 1 heterocycles. The first-order valence-electron chi connectivity index (χ1n) is 4.21. The Morgan fingerprint density at radius 1 is 1.67 bits per heavy atom. The van der Waals surface area contributed by atoms with Gasteiger partial charge in [-0.1, -0.05) is 12.1 Å². The average molecular weight is 188 g/mol. The van der Waals surface area contributed by atoms with Gasteiger partial charge in [-0.25, -0.2) is 0 Å². The van der Waals surface area contributed by atoms with Crippen molar-refractivity contribution in [2.75, 3.05) is 0 Å². The molecular formula is C8H14ClN3. The van der Waals surface area contributed by atoms with Crippen molar-refractivity contribution in [3.8, 4) is 0 Å². The molecule has 1 atom stereocenters. The van der Waals surface area contributed by atoms with Crippen molar-refractivity contribution >= 4 is 11.6 Å². The molecule has 1 rings (SSSR count). The maximum absolute atomic E-state index is 5.97. The van der Waals surface area contributed by atoms with E-state index in [9.17, 15) is 0 Å². The molecule has 0 radical (unpaired) electrons. The first-order valence-corrected chi connectivity index (χ1v) is 4.65. The minimum absolute atomic E-state index is 0.270. The molecular weight excluding hydrogens is 174 g/mol. The minimum Gasteiger partial charge on any atom is -0.255 e. The van der Waals surface area contributed by atoms with Gasteiger partial charge >= 0.3 is 0 Å². The zero-order valence-corrected chi connectivity index (χ0v) is 8.25. The number of hydrogen-bond donors (Lipinski definition) is 0. The van der Waals surface area contributed by atoms with Crippen molar-refractivity contribution < 1.29 is 0 Å². The zero-order chi connectivity index (χ0) is 8.97. The predicted molar refractivity (Wildman–Crippen MR) is 49.3 cm³/mol. The Hall–Kier alpha value is -0.570. The van der Waals surface area contributed by atoms with Gasteiger partial charge in [-0.05, 0) is 19.3 Å². The quantitative estimate of drug-likeness (QED) is 0.673. The van der Waals surface area contributed by atoms with Crippen LogP contribution in [-0.2, 0) is 13.5 Å². The van der Waals surface area contributed by atoms with E-state index < -0.39 is 0 Å². The minimum atomic E-state index is 0.270. The second kappa shape index (κ2) is 4.45. The van der Waals surface area contributed by atoms with E-state index in [1.807, 2.05) is 13.2 Å². The third-order valence-electron chi connectivity index (χ3n) is 1.81. The fourth-order valence-corrected chi connectivity index (χ4v) is 1.13. The maximum Gasteiger partial charge on any atom is 0.0827 e. The summed E-state index contributed by atoms with van der Waals surface area (Å²) in [6.45, 7) is 2.09. The molecule has 1 aromatic heterocycles. The molecule has 68 valence electrons. The lowest BCUT2D eigenvalue weighted by molar-refractivity contribution is 0.701. The molecule has 12 heavy (non-hydrogen) atoms.